The number of aromatic nitrogens is 3. The van der Waals surface area contributed by atoms with E-state index in [1.807, 2.05) is 18.7 Å². The molecule has 4 heterocycles. The fraction of sp³-hybridized carbons (Fsp3) is 0.545. The summed E-state index contributed by atoms with van der Waals surface area (Å²) in [5.41, 5.74) is 2.69. The van der Waals surface area contributed by atoms with Crippen molar-refractivity contribution in [2.24, 2.45) is 5.41 Å². The summed E-state index contributed by atoms with van der Waals surface area (Å²) in [6.07, 6.45) is 5.39. The second-order valence-corrected chi connectivity index (χ2v) is 8.58. The summed E-state index contributed by atoms with van der Waals surface area (Å²) in [7, 11) is 0. The third kappa shape index (κ3) is 3.96. The van der Waals surface area contributed by atoms with Crippen molar-refractivity contribution in [3.8, 4) is 0 Å². The molecule has 1 amide bonds. The first-order valence-electron chi connectivity index (χ1n) is 10.3. The second-order valence-electron chi connectivity index (χ2n) is 8.58. The molecule has 0 saturated carbocycles. The lowest BCUT2D eigenvalue weighted by atomic mass is 9.71. The number of aryl methyl sites for hydroxylation is 2. The minimum absolute atomic E-state index is 0.0446. The van der Waals surface area contributed by atoms with Gasteiger partial charge in [0.2, 0.25) is 0 Å². The van der Waals surface area contributed by atoms with Crippen molar-refractivity contribution in [1.82, 2.24) is 19.9 Å². The summed E-state index contributed by atoms with van der Waals surface area (Å²) in [6.45, 7) is 8.86. The molecule has 0 radical (unpaired) electrons. The topological polar surface area (TPSA) is 82.5 Å². The molecular weight excluding hydrogens is 366 g/mol. The number of carbonyl (C=O) groups is 1. The molecule has 1 spiro atoms. The minimum Gasteiger partial charge on any atom is -0.391 e. The maximum absolute atomic E-state index is 12.9. The van der Waals surface area contributed by atoms with Crippen molar-refractivity contribution < 1.29 is 9.90 Å². The van der Waals surface area contributed by atoms with Crippen LogP contribution in [0.3, 0.4) is 0 Å². The van der Waals surface area contributed by atoms with E-state index < -0.39 is 6.10 Å². The standard InChI is InChI=1S/C22H29N5O2/c1-15-16(2)24-17(3)25-20(15)26-9-6-22(7-10-26)11-19(28)13-27(14-22)21(29)18-5-4-8-23-12-18/h4-5,8,12,19,28H,6-7,9-11,13-14H2,1-3H3. The van der Waals surface area contributed by atoms with Crippen LogP contribution in [0, 0.1) is 26.2 Å². The van der Waals surface area contributed by atoms with E-state index in [0.717, 1.165) is 55.3 Å². The van der Waals surface area contributed by atoms with Gasteiger partial charge in [-0.15, -0.1) is 0 Å². The van der Waals surface area contributed by atoms with E-state index in [0.29, 0.717) is 18.7 Å². The third-order valence-corrected chi connectivity index (χ3v) is 6.42. The zero-order valence-corrected chi connectivity index (χ0v) is 17.4. The Balaban J connectivity index is 1.49. The number of piperidine rings is 2. The number of likely N-dealkylation sites (tertiary alicyclic amines) is 1. The number of rotatable bonds is 2. The van der Waals surface area contributed by atoms with Crippen LogP contribution in [0.2, 0.25) is 0 Å². The molecule has 1 N–H and O–H groups in total. The third-order valence-electron chi connectivity index (χ3n) is 6.42. The highest BCUT2D eigenvalue weighted by molar-refractivity contribution is 5.94. The maximum Gasteiger partial charge on any atom is 0.255 e. The van der Waals surface area contributed by atoms with Gasteiger partial charge in [0.05, 0.1) is 11.7 Å². The molecule has 2 saturated heterocycles. The van der Waals surface area contributed by atoms with Gasteiger partial charge in [-0.2, -0.15) is 0 Å². The number of β-amino-alcohol motifs (C(OH)–C–C–N with tert-alkyl or cyclic N) is 1. The molecule has 0 aliphatic carbocycles. The van der Waals surface area contributed by atoms with Crippen molar-refractivity contribution in [2.45, 2.75) is 46.1 Å². The maximum atomic E-state index is 12.9. The highest BCUT2D eigenvalue weighted by Crippen LogP contribution is 2.41. The number of amides is 1. The molecule has 29 heavy (non-hydrogen) atoms. The molecule has 1 atom stereocenters. The Morgan fingerprint density at radius 2 is 1.97 bits per heavy atom. The first-order chi connectivity index (χ1) is 13.9. The average Bonchev–Trinajstić information content (AvgIpc) is 2.71. The van der Waals surface area contributed by atoms with Crippen LogP contribution in [-0.2, 0) is 0 Å². The Labute approximate surface area is 171 Å². The van der Waals surface area contributed by atoms with Gasteiger partial charge in [-0.05, 0) is 57.6 Å². The molecule has 0 aromatic carbocycles. The van der Waals surface area contributed by atoms with Crippen LogP contribution in [0.5, 0.6) is 0 Å². The van der Waals surface area contributed by atoms with Crippen molar-refractivity contribution in [3.63, 3.8) is 0 Å². The largest absolute Gasteiger partial charge is 0.391 e. The zero-order valence-electron chi connectivity index (χ0n) is 17.4. The molecule has 2 aromatic heterocycles. The van der Waals surface area contributed by atoms with Gasteiger partial charge in [0.1, 0.15) is 11.6 Å². The summed E-state index contributed by atoms with van der Waals surface area (Å²) in [6, 6.07) is 3.56. The summed E-state index contributed by atoms with van der Waals surface area (Å²) >= 11 is 0. The molecule has 2 fully saturated rings. The molecule has 2 aliphatic heterocycles. The van der Waals surface area contributed by atoms with E-state index in [-0.39, 0.29) is 11.3 Å². The zero-order chi connectivity index (χ0) is 20.6. The summed E-state index contributed by atoms with van der Waals surface area (Å²) < 4.78 is 0. The van der Waals surface area contributed by atoms with Crippen molar-refractivity contribution in [3.05, 3.63) is 47.2 Å². The van der Waals surface area contributed by atoms with Crippen LogP contribution >= 0.6 is 0 Å². The van der Waals surface area contributed by atoms with Crippen LogP contribution in [-0.4, -0.2) is 63.1 Å². The van der Waals surface area contributed by atoms with Crippen LogP contribution in [0.1, 0.15) is 46.7 Å². The minimum atomic E-state index is -0.485. The normalized spacial score (nSPS) is 21.4. The molecule has 0 bridgehead atoms. The molecule has 2 aromatic rings. The number of pyridine rings is 1. The summed E-state index contributed by atoms with van der Waals surface area (Å²) in [4.78, 5) is 30.3. The average molecular weight is 396 g/mol. The van der Waals surface area contributed by atoms with Gasteiger partial charge >= 0.3 is 0 Å². The Morgan fingerprint density at radius 3 is 2.66 bits per heavy atom. The van der Waals surface area contributed by atoms with Crippen LogP contribution < -0.4 is 4.90 Å². The van der Waals surface area contributed by atoms with Gasteiger partial charge in [-0.25, -0.2) is 9.97 Å². The molecule has 1 unspecified atom stereocenters. The van der Waals surface area contributed by atoms with E-state index in [4.69, 9.17) is 0 Å². The van der Waals surface area contributed by atoms with Gasteiger partial charge in [0.25, 0.3) is 5.91 Å². The van der Waals surface area contributed by atoms with Gasteiger partial charge < -0.3 is 14.9 Å². The lowest BCUT2D eigenvalue weighted by Crippen LogP contribution is -2.55. The van der Waals surface area contributed by atoms with E-state index in [1.165, 1.54) is 0 Å². The van der Waals surface area contributed by atoms with E-state index in [9.17, 15) is 9.90 Å². The van der Waals surface area contributed by atoms with E-state index >= 15 is 0 Å². The van der Waals surface area contributed by atoms with Gasteiger partial charge in [-0.3, -0.25) is 9.78 Å². The first-order valence-corrected chi connectivity index (χ1v) is 10.3. The molecule has 7 nitrogen and oxygen atoms in total. The summed E-state index contributed by atoms with van der Waals surface area (Å²) in [5.74, 6) is 1.77. The number of aliphatic hydroxyl groups is 1. The van der Waals surface area contributed by atoms with Crippen molar-refractivity contribution in [1.29, 1.82) is 0 Å². The fourth-order valence-corrected chi connectivity index (χ4v) is 4.79. The second kappa shape index (κ2) is 7.71. The number of aliphatic hydroxyl groups excluding tert-OH is 1. The molecule has 154 valence electrons. The number of carbonyl (C=O) groups excluding carboxylic acids is 1. The van der Waals surface area contributed by atoms with E-state index in [2.05, 4.69) is 26.8 Å². The molecule has 7 heteroatoms. The van der Waals surface area contributed by atoms with Gasteiger partial charge in [0, 0.05) is 49.8 Å². The number of anilines is 1. The predicted molar refractivity (Wildman–Crippen MR) is 111 cm³/mol. The van der Waals surface area contributed by atoms with Crippen LogP contribution in [0.25, 0.3) is 0 Å². The Hall–Kier alpha value is -2.54. The highest BCUT2D eigenvalue weighted by atomic mass is 16.3. The SMILES string of the molecule is Cc1nc(C)c(C)c(N2CCC3(CC2)CC(O)CN(C(=O)c2cccnc2)C3)n1. The molecular formula is C22H29N5O2. The predicted octanol–water partition coefficient (Wildman–Crippen LogP) is 2.29. The Bertz CT molecular complexity index is 894. The smallest absolute Gasteiger partial charge is 0.255 e. The number of hydrogen-bond donors (Lipinski definition) is 1. The lowest BCUT2D eigenvalue weighted by Gasteiger charge is -2.49. The summed E-state index contributed by atoms with van der Waals surface area (Å²) in [5, 5.41) is 10.5. The van der Waals surface area contributed by atoms with Crippen LogP contribution in [0.15, 0.2) is 24.5 Å². The fourth-order valence-electron chi connectivity index (χ4n) is 4.79. The lowest BCUT2D eigenvalue weighted by molar-refractivity contribution is -0.0150. The quantitative estimate of drug-likeness (QED) is 0.840. The van der Waals surface area contributed by atoms with Gasteiger partial charge in [0.15, 0.2) is 0 Å². The first kappa shape index (κ1) is 19.8. The van der Waals surface area contributed by atoms with Crippen LogP contribution in [0.4, 0.5) is 5.82 Å². The van der Waals surface area contributed by atoms with Gasteiger partial charge in [-0.1, -0.05) is 0 Å². The molecule has 4 rings (SSSR count). The highest BCUT2D eigenvalue weighted by Gasteiger charge is 2.43. The molecule has 2 aliphatic rings. The Kier molecular flexibility index (Phi) is 5.25. The van der Waals surface area contributed by atoms with Crippen molar-refractivity contribution >= 4 is 11.7 Å². The van der Waals surface area contributed by atoms with Crippen molar-refractivity contribution in [2.75, 3.05) is 31.1 Å². The monoisotopic (exact) mass is 395 g/mol. The Morgan fingerprint density at radius 1 is 1.21 bits per heavy atom. The number of hydrogen-bond acceptors (Lipinski definition) is 6. The number of nitrogens with zero attached hydrogens (tertiary/aromatic N) is 5. The van der Waals surface area contributed by atoms with E-state index in [1.54, 1.807) is 24.5 Å².